The predicted octanol–water partition coefficient (Wildman–Crippen LogP) is 3.11. The Kier molecular flexibility index (Phi) is 4.41. The van der Waals surface area contributed by atoms with E-state index in [2.05, 4.69) is 17.0 Å². The lowest BCUT2D eigenvalue weighted by Crippen LogP contribution is -2.18. The first kappa shape index (κ1) is 17.6. The smallest absolute Gasteiger partial charge is 0.335 e. The van der Waals surface area contributed by atoms with E-state index in [1.807, 2.05) is 6.07 Å². The molecule has 140 valence electrons. The number of carboxylic acids is 1. The lowest BCUT2D eigenvalue weighted by Gasteiger charge is -2.17. The molecule has 7 heteroatoms. The number of benzene rings is 1. The molecule has 2 heterocycles. The van der Waals surface area contributed by atoms with Crippen LogP contribution in [0.3, 0.4) is 0 Å². The van der Waals surface area contributed by atoms with Crippen molar-refractivity contribution in [1.82, 2.24) is 14.8 Å². The zero-order valence-electron chi connectivity index (χ0n) is 15.0. The zero-order chi connectivity index (χ0) is 19.0. The van der Waals surface area contributed by atoms with Crippen molar-refractivity contribution >= 4 is 17.0 Å². The summed E-state index contributed by atoms with van der Waals surface area (Å²) >= 11 is 0. The largest absolute Gasteiger partial charge is 0.478 e. The number of hydrogen-bond acceptors (Lipinski definition) is 5. The number of nitrogens with zero attached hydrogens (tertiary/aromatic N) is 3. The van der Waals surface area contributed by atoms with Crippen molar-refractivity contribution in [2.45, 2.75) is 37.9 Å². The van der Waals surface area contributed by atoms with Crippen LogP contribution in [0.25, 0.3) is 16.7 Å². The molecule has 2 N–H and O–H groups in total. The third-order valence-electron chi connectivity index (χ3n) is 5.17. The molecular weight excluding hydrogens is 346 g/mol. The quantitative estimate of drug-likeness (QED) is 0.666. The summed E-state index contributed by atoms with van der Waals surface area (Å²) in [6.07, 6.45) is 5.65. The molecule has 4 rings (SSSR count). The molecule has 1 fully saturated rings. The summed E-state index contributed by atoms with van der Waals surface area (Å²) in [5.41, 5.74) is 2.23. The molecule has 0 spiro atoms. The van der Waals surface area contributed by atoms with Crippen LogP contribution in [0.5, 0.6) is 0 Å². The monoisotopic (exact) mass is 367 g/mol. The van der Waals surface area contributed by atoms with Crippen LogP contribution in [0, 0.1) is 0 Å². The van der Waals surface area contributed by atoms with Crippen LogP contribution in [-0.2, 0) is 4.74 Å². The number of carboxylic acid groups (broad SMARTS) is 1. The van der Waals surface area contributed by atoms with Gasteiger partial charge in [0.05, 0.1) is 29.7 Å². The Balaban J connectivity index is 1.55. The molecule has 1 saturated carbocycles. The number of carbonyl (C=O) groups is 1. The second kappa shape index (κ2) is 6.75. The van der Waals surface area contributed by atoms with Gasteiger partial charge in [-0.3, -0.25) is 0 Å². The Morgan fingerprint density at radius 3 is 2.67 bits per heavy atom. The van der Waals surface area contributed by atoms with E-state index in [0.29, 0.717) is 11.2 Å². The topological polar surface area (TPSA) is 97.5 Å². The molecule has 1 aliphatic carbocycles. The number of aromatic nitrogens is 3. The van der Waals surface area contributed by atoms with Crippen molar-refractivity contribution in [2.75, 3.05) is 6.61 Å². The highest BCUT2D eigenvalue weighted by Crippen LogP contribution is 2.43. The second-order valence-electron chi connectivity index (χ2n) is 6.95. The first-order valence-electron chi connectivity index (χ1n) is 9.01. The van der Waals surface area contributed by atoms with Gasteiger partial charge in [0, 0.05) is 17.1 Å². The van der Waals surface area contributed by atoms with Gasteiger partial charge in [-0.2, -0.15) is 5.10 Å². The first-order valence-corrected chi connectivity index (χ1v) is 9.01. The number of aliphatic hydroxyl groups excluding tert-OH is 1. The van der Waals surface area contributed by atoms with Crippen LogP contribution >= 0.6 is 0 Å². The normalized spacial score (nSPS) is 16.4. The van der Waals surface area contributed by atoms with E-state index in [9.17, 15) is 9.90 Å². The summed E-state index contributed by atoms with van der Waals surface area (Å²) in [5, 5.41) is 24.6. The van der Waals surface area contributed by atoms with Gasteiger partial charge in [0.15, 0.2) is 5.65 Å². The summed E-state index contributed by atoms with van der Waals surface area (Å²) in [5.74, 6) is -0.970. The van der Waals surface area contributed by atoms with Crippen molar-refractivity contribution in [3.63, 3.8) is 0 Å². The summed E-state index contributed by atoms with van der Waals surface area (Å²) in [6.45, 7) is 2.36. The summed E-state index contributed by atoms with van der Waals surface area (Å²) < 4.78 is 7.52. The summed E-state index contributed by atoms with van der Waals surface area (Å²) in [7, 11) is 0. The molecule has 1 unspecified atom stereocenters. The number of pyridine rings is 1. The number of aromatic carboxylic acids is 1. The zero-order valence-corrected chi connectivity index (χ0v) is 15.0. The first-order chi connectivity index (χ1) is 13.0. The number of rotatable bonds is 7. The molecule has 2 aromatic heterocycles. The minimum atomic E-state index is -0.970. The minimum Gasteiger partial charge on any atom is -0.478 e. The fraction of sp³-hybridized carbons (Fsp3) is 0.350. The molecule has 1 aliphatic rings. The molecule has 27 heavy (non-hydrogen) atoms. The van der Waals surface area contributed by atoms with Crippen LogP contribution < -0.4 is 0 Å². The maximum Gasteiger partial charge on any atom is 0.335 e. The fourth-order valence-corrected chi connectivity index (χ4v) is 3.15. The number of ether oxygens (including phenoxy) is 1. The van der Waals surface area contributed by atoms with E-state index < -0.39 is 12.1 Å². The van der Waals surface area contributed by atoms with Crippen LogP contribution in [0.4, 0.5) is 0 Å². The average molecular weight is 367 g/mol. The van der Waals surface area contributed by atoms with Crippen molar-refractivity contribution in [1.29, 1.82) is 0 Å². The van der Waals surface area contributed by atoms with Crippen LogP contribution in [0.15, 0.2) is 42.7 Å². The molecule has 0 radical (unpaired) electrons. The fourth-order valence-electron chi connectivity index (χ4n) is 3.15. The van der Waals surface area contributed by atoms with Crippen LogP contribution in [0.1, 0.15) is 48.2 Å². The van der Waals surface area contributed by atoms with E-state index in [-0.39, 0.29) is 17.8 Å². The minimum absolute atomic E-state index is 0.0362. The number of hydrogen-bond donors (Lipinski definition) is 2. The third kappa shape index (κ3) is 3.43. The Hall–Kier alpha value is -2.77. The predicted molar refractivity (Wildman–Crippen MR) is 99.0 cm³/mol. The number of fused-ring (bicyclic) bond motifs is 1. The van der Waals surface area contributed by atoms with Gasteiger partial charge in [0.2, 0.25) is 0 Å². The molecule has 7 nitrogen and oxygen atoms in total. The molecule has 3 aromatic rings. The molecule has 0 aliphatic heterocycles. The highest BCUT2D eigenvalue weighted by molar-refractivity contribution is 5.87. The van der Waals surface area contributed by atoms with E-state index in [1.165, 1.54) is 12.1 Å². The molecule has 1 atom stereocenters. The molecule has 0 amide bonds. The van der Waals surface area contributed by atoms with Crippen LogP contribution in [0.2, 0.25) is 0 Å². The van der Waals surface area contributed by atoms with Gasteiger partial charge >= 0.3 is 5.97 Å². The summed E-state index contributed by atoms with van der Waals surface area (Å²) in [6, 6.07) is 8.29. The van der Waals surface area contributed by atoms with E-state index in [1.54, 1.807) is 29.2 Å². The van der Waals surface area contributed by atoms with E-state index in [4.69, 9.17) is 9.84 Å². The molecule has 1 aromatic carbocycles. The Morgan fingerprint density at radius 1 is 1.30 bits per heavy atom. The highest BCUT2D eigenvalue weighted by Gasteiger charge is 2.42. The summed E-state index contributed by atoms with van der Waals surface area (Å²) in [4.78, 5) is 15.4. The molecular formula is C20H21N3O4. The molecule has 0 bridgehead atoms. The molecule has 0 saturated heterocycles. The van der Waals surface area contributed by atoms with Gasteiger partial charge < -0.3 is 14.9 Å². The second-order valence-corrected chi connectivity index (χ2v) is 6.95. The van der Waals surface area contributed by atoms with Crippen molar-refractivity contribution in [3.05, 3.63) is 53.9 Å². The van der Waals surface area contributed by atoms with Crippen molar-refractivity contribution in [2.24, 2.45) is 0 Å². The van der Waals surface area contributed by atoms with E-state index in [0.717, 1.165) is 30.3 Å². The Morgan fingerprint density at radius 2 is 2.04 bits per heavy atom. The lowest BCUT2D eigenvalue weighted by atomic mass is 10.1. The highest BCUT2D eigenvalue weighted by atomic mass is 16.5. The average Bonchev–Trinajstić information content (AvgIpc) is 3.36. The van der Waals surface area contributed by atoms with Gasteiger partial charge in [0.25, 0.3) is 0 Å². The number of aliphatic hydroxyl groups is 1. The van der Waals surface area contributed by atoms with Gasteiger partial charge in [-0.15, -0.1) is 0 Å². The van der Waals surface area contributed by atoms with E-state index >= 15 is 0 Å². The van der Waals surface area contributed by atoms with Crippen molar-refractivity contribution in [3.8, 4) is 5.69 Å². The standard InChI is InChI=1S/C20H21N3O4/c1-2-20(7-8-20)27-12-17(24)14-9-15-11-22-23(18(15)21-10-14)16-5-3-13(4-6-16)19(25)26/h3-6,9-11,17,24H,2,7-8,12H2,1H3,(H,25,26). The van der Waals surface area contributed by atoms with Crippen molar-refractivity contribution < 1.29 is 19.7 Å². The SMILES string of the molecule is CCC1(OCC(O)c2cnc3c(cnn3-c3ccc(C(=O)O)cc3)c2)CC1. The Labute approximate surface area is 156 Å². The Bertz CT molecular complexity index is 977. The van der Waals surface area contributed by atoms with Gasteiger partial charge in [-0.25, -0.2) is 14.5 Å². The third-order valence-corrected chi connectivity index (χ3v) is 5.17. The maximum atomic E-state index is 11.0. The van der Waals surface area contributed by atoms with Crippen LogP contribution in [-0.4, -0.2) is 43.2 Å². The lowest BCUT2D eigenvalue weighted by molar-refractivity contribution is -0.0263. The van der Waals surface area contributed by atoms with Gasteiger partial charge in [-0.1, -0.05) is 6.92 Å². The van der Waals surface area contributed by atoms with Gasteiger partial charge in [0.1, 0.15) is 6.10 Å². The van der Waals surface area contributed by atoms with Gasteiger partial charge in [-0.05, 0) is 49.6 Å². The maximum absolute atomic E-state index is 11.0.